The molecule has 1 aromatic rings. The number of Topliss-reactive ketones (excluding diaryl/α,β-unsaturated/α-hetero) is 2. The predicted octanol–water partition coefficient (Wildman–Crippen LogP) is 9.54. The van der Waals surface area contributed by atoms with Gasteiger partial charge in [-0.1, -0.05) is 93.0 Å². The quantitative estimate of drug-likeness (QED) is 0.0926. The Hall–Kier alpha value is -2.67. The van der Waals surface area contributed by atoms with Crippen LogP contribution in [0.2, 0.25) is 87.6 Å². The Morgan fingerprint density at radius 1 is 0.736 bits per heavy atom. The van der Waals surface area contributed by atoms with Crippen molar-refractivity contribution in [1.82, 2.24) is 18.9 Å². The van der Waals surface area contributed by atoms with Gasteiger partial charge < -0.3 is 27.8 Å². The van der Waals surface area contributed by atoms with Gasteiger partial charge in [-0.05, 0) is 74.5 Å². The minimum absolute atomic E-state index is 0.0169. The van der Waals surface area contributed by atoms with Gasteiger partial charge in [0, 0.05) is 79.8 Å². The molecule has 16 nitrogen and oxygen atoms in total. The Kier molecular flexibility index (Phi) is 19.5. The second kappa shape index (κ2) is 23.3. The van der Waals surface area contributed by atoms with Crippen molar-refractivity contribution in [1.29, 1.82) is 0 Å². The highest BCUT2D eigenvalue weighted by atomic mass is 28.4. The monoisotopic (exact) mass is 1080 g/mol. The minimum Gasteiger partial charge on any atom is -0.414 e. The number of hydrogen-bond donors (Lipinski definition) is 0. The first kappa shape index (κ1) is 60.2. The van der Waals surface area contributed by atoms with Crippen LogP contribution in [-0.2, 0) is 55.3 Å². The average molecular weight is 1080 g/mol. The molecule has 4 aliphatic heterocycles. The highest BCUT2D eigenvalue weighted by molar-refractivity contribution is 6.76. The van der Waals surface area contributed by atoms with E-state index in [1.807, 2.05) is 12.2 Å². The second-order valence-electron chi connectivity index (χ2n) is 26.7. The van der Waals surface area contributed by atoms with E-state index in [1.54, 1.807) is 6.92 Å². The Morgan fingerprint density at radius 2 is 1.32 bits per heavy atom. The van der Waals surface area contributed by atoms with E-state index >= 15 is 4.79 Å². The number of aromatic nitrogens is 2. The molecule has 0 aliphatic carbocycles. The summed E-state index contributed by atoms with van der Waals surface area (Å²) in [6.07, 6.45) is 3.46. The van der Waals surface area contributed by atoms with Gasteiger partial charge in [0.15, 0.2) is 16.6 Å². The number of carbonyl (C=O) groups excluding carboxylic acids is 4. The molecule has 3 saturated heterocycles. The number of fused-ring (bicyclic) bond motifs is 10. The number of hydrogen-bond acceptors (Lipinski definition) is 12. The number of nitrogens with zero attached hydrogens (tertiary/aromatic N) is 4. The molecule has 0 aromatic carbocycles. The Balaban J connectivity index is 1.65. The van der Waals surface area contributed by atoms with Gasteiger partial charge in [0.25, 0.3) is 5.56 Å². The SMILES string of the molecule is CC(C)(C)[Si](C)(C)OC[C@@H]1O[C@@H]2C[C@@H]1C(=O)CC/C=C\CCC(=O)C[C@H]1O[C@H](C[C@@H]1O[Si](C)(C)C(C)(C)C)n1cc(c(=O)n(COCC[Si](C)(C)C)c1=O)C[C@]1(C)CN2C(=O)N(COCC[Si](C)(C)C)C1=O. The van der Waals surface area contributed by atoms with Gasteiger partial charge in [-0.3, -0.25) is 28.6 Å². The molecule has 7 atom stereocenters. The predicted molar refractivity (Wildman–Crippen MR) is 292 cm³/mol. The lowest BCUT2D eigenvalue weighted by Crippen LogP contribution is -2.64. The summed E-state index contributed by atoms with van der Waals surface area (Å²) in [6, 6.07) is 1.02. The molecule has 0 N–H and O–H groups in total. The summed E-state index contributed by atoms with van der Waals surface area (Å²) in [5.74, 6) is -1.17. The molecule has 0 unspecified atom stereocenters. The number of amides is 3. The van der Waals surface area contributed by atoms with Crippen LogP contribution in [0, 0.1) is 11.3 Å². The highest BCUT2D eigenvalue weighted by Gasteiger charge is 2.54. The van der Waals surface area contributed by atoms with Gasteiger partial charge >= 0.3 is 11.7 Å². The first-order chi connectivity index (χ1) is 33.0. The van der Waals surface area contributed by atoms with Gasteiger partial charge in [-0.2, -0.15) is 0 Å². The molecule has 1 aromatic heterocycles. The van der Waals surface area contributed by atoms with Crippen LogP contribution >= 0.6 is 0 Å². The van der Waals surface area contributed by atoms with Crippen molar-refractivity contribution >= 4 is 56.3 Å². The molecule has 20 heteroatoms. The lowest BCUT2D eigenvalue weighted by Gasteiger charge is -2.46. The van der Waals surface area contributed by atoms with Crippen molar-refractivity contribution in [3.8, 4) is 0 Å². The number of rotatable bonds is 15. The van der Waals surface area contributed by atoms with Crippen LogP contribution in [-0.4, -0.2) is 133 Å². The van der Waals surface area contributed by atoms with Crippen LogP contribution in [0.3, 0.4) is 0 Å². The smallest absolute Gasteiger partial charge is 0.335 e. The number of ketones is 2. The fraction of sp³-hybridized carbons (Fsp3) is 0.808. The van der Waals surface area contributed by atoms with Crippen LogP contribution in [0.15, 0.2) is 27.9 Å². The zero-order chi connectivity index (χ0) is 54.0. The third-order valence-corrected chi connectivity index (χ3v) is 28.3. The fourth-order valence-electron chi connectivity index (χ4n) is 9.03. The summed E-state index contributed by atoms with van der Waals surface area (Å²) in [4.78, 5) is 90.1. The first-order valence-electron chi connectivity index (χ1n) is 26.5. The summed E-state index contributed by atoms with van der Waals surface area (Å²) in [5, 5.41) is -0.267. The van der Waals surface area contributed by atoms with E-state index in [0.717, 1.165) is 21.6 Å². The first-order valence-corrected chi connectivity index (χ1v) is 39.7. The molecular weight excluding hydrogens is 985 g/mol. The number of ether oxygens (including phenoxy) is 4. The molecule has 5 rings (SSSR count). The van der Waals surface area contributed by atoms with Gasteiger partial charge in [0.05, 0.1) is 36.3 Å². The minimum atomic E-state index is -2.43. The lowest BCUT2D eigenvalue weighted by atomic mass is 9.80. The van der Waals surface area contributed by atoms with Crippen LogP contribution in [0.1, 0.15) is 105 Å². The summed E-state index contributed by atoms with van der Waals surface area (Å²) in [7, 11) is -7.83. The number of carbonyl (C=O) groups is 4. The zero-order valence-electron chi connectivity index (χ0n) is 47.2. The van der Waals surface area contributed by atoms with E-state index in [9.17, 15) is 24.0 Å². The van der Waals surface area contributed by atoms with Crippen molar-refractivity contribution in [2.24, 2.45) is 11.3 Å². The summed E-state index contributed by atoms with van der Waals surface area (Å²) < 4.78 is 41.8. The van der Waals surface area contributed by atoms with Crippen molar-refractivity contribution in [2.75, 3.05) is 33.1 Å². The molecule has 4 aliphatic rings. The van der Waals surface area contributed by atoms with Gasteiger partial charge in [-0.15, -0.1) is 0 Å². The van der Waals surface area contributed by atoms with E-state index in [0.29, 0.717) is 26.1 Å². The molecule has 408 valence electrons. The van der Waals surface area contributed by atoms with Crippen LogP contribution in [0.5, 0.6) is 0 Å². The molecule has 72 heavy (non-hydrogen) atoms. The van der Waals surface area contributed by atoms with Crippen LogP contribution in [0.4, 0.5) is 4.79 Å². The van der Waals surface area contributed by atoms with E-state index in [2.05, 4.69) is 107 Å². The highest BCUT2D eigenvalue weighted by Crippen LogP contribution is 2.43. The van der Waals surface area contributed by atoms with Crippen LogP contribution < -0.4 is 11.2 Å². The van der Waals surface area contributed by atoms with Crippen molar-refractivity contribution < 1.29 is 47.0 Å². The molecule has 3 amide bonds. The van der Waals surface area contributed by atoms with E-state index in [4.69, 9.17) is 27.8 Å². The normalized spacial score (nSPS) is 27.3. The maximum atomic E-state index is 15.0. The molecule has 0 saturated carbocycles. The van der Waals surface area contributed by atoms with Crippen LogP contribution in [0.25, 0.3) is 0 Å². The summed E-state index contributed by atoms with van der Waals surface area (Å²) in [5.41, 5.74) is -2.55. The summed E-state index contributed by atoms with van der Waals surface area (Å²) >= 11 is 0. The molecule has 5 heterocycles. The Morgan fingerprint density at radius 3 is 1.90 bits per heavy atom. The van der Waals surface area contributed by atoms with Crippen molar-refractivity contribution in [3.05, 3.63) is 44.8 Å². The van der Waals surface area contributed by atoms with Crippen molar-refractivity contribution in [2.45, 2.75) is 225 Å². The number of urea groups is 1. The van der Waals surface area contributed by atoms with Gasteiger partial charge in [0.2, 0.25) is 5.91 Å². The van der Waals surface area contributed by atoms with E-state index in [-0.39, 0.29) is 92.3 Å². The maximum Gasteiger partial charge on any atom is 0.335 e. The average Bonchev–Trinajstić information content (AvgIpc) is 3.84. The third-order valence-electron chi connectivity index (χ3n) is 15.9. The summed E-state index contributed by atoms with van der Waals surface area (Å²) in [6.45, 7) is 36.6. The lowest BCUT2D eigenvalue weighted by molar-refractivity contribution is -0.154. The number of allylic oxidation sites excluding steroid dienone is 2. The molecule has 8 bridgehead atoms. The second-order valence-corrected chi connectivity index (χ2v) is 47.5. The molecule has 0 spiro atoms. The fourth-order valence-corrected chi connectivity index (χ4v) is 12.9. The zero-order valence-corrected chi connectivity index (χ0v) is 51.2. The van der Waals surface area contributed by atoms with E-state index in [1.165, 1.54) is 15.7 Å². The topological polar surface area (TPSA) is 174 Å². The largest absolute Gasteiger partial charge is 0.414 e. The standard InChI is InChI=1S/C52H92N4O12Si4/c1-50(2,3)71(14,15)65-33-43-39-29-44(67-43)54-34-52(7,47(60)56(49(54)62)36-64-25-27-70(11,12)13)31-37-32-53(48(61)55(46(37)59)35-63-24-26-69(8,9)10)45-30-42(68-72(16,17)51(4,5)6)41(66-45)28-38(57)22-20-18-19-21-23-40(39)58/h18-19,32,39,41-45H,20-31,33-36H2,1-17H3/b19-18-/t39-,41-,42+,43+,44-,45-,52-/m1/s1. The van der Waals surface area contributed by atoms with Gasteiger partial charge in [-0.25, -0.2) is 19.1 Å². The third kappa shape index (κ3) is 15.3. The van der Waals surface area contributed by atoms with E-state index < -0.39 is 98.1 Å². The number of imide groups is 1. The molecular formula is C52H92N4O12Si4. The Bertz CT molecular complexity index is 2250. The van der Waals surface area contributed by atoms with Crippen molar-refractivity contribution in [3.63, 3.8) is 0 Å². The molecule has 0 radical (unpaired) electrons. The Labute approximate surface area is 434 Å². The molecule has 3 fully saturated rings. The maximum absolute atomic E-state index is 15.0. The van der Waals surface area contributed by atoms with Gasteiger partial charge in [0.1, 0.15) is 37.5 Å².